The first-order valence-electron chi connectivity index (χ1n) is 11.7. The van der Waals surface area contributed by atoms with E-state index < -0.39 is 25.9 Å². The first-order chi connectivity index (χ1) is 16.2. The molecule has 1 heterocycles. The number of carboxylic acids is 2. The average molecular weight is 419 g/mol. The molecule has 0 spiro atoms. The van der Waals surface area contributed by atoms with Crippen LogP contribution in [-0.4, -0.2) is 43.9 Å². The number of para-hydroxylation sites is 2. The molecule has 1 unspecified atom stereocenters. The van der Waals surface area contributed by atoms with E-state index in [9.17, 15) is 19.8 Å². The second-order valence-corrected chi connectivity index (χ2v) is 7.42. The smallest absolute Gasteiger partial charge is 0.0643 e. The van der Waals surface area contributed by atoms with E-state index in [1.807, 2.05) is 43.3 Å². The van der Waals surface area contributed by atoms with E-state index in [0.717, 1.165) is 21.2 Å². The van der Waals surface area contributed by atoms with E-state index in [1.165, 1.54) is 0 Å². The summed E-state index contributed by atoms with van der Waals surface area (Å²) in [7, 11) is 0. The quantitative estimate of drug-likeness (QED) is 0.658. The molecule has 29 heavy (non-hydrogen) atoms. The Bertz CT molecular complexity index is 999. The van der Waals surface area contributed by atoms with Gasteiger partial charge in [-0.25, -0.2) is 0 Å². The van der Waals surface area contributed by atoms with E-state index in [-0.39, 0.29) is 12.5 Å². The molecule has 6 nitrogen and oxygen atoms in total. The Balaban J connectivity index is 0.000000466. The number of carbonyl (C=O) groups excluding carboxylic acids is 2. The van der Waals surface area contributed by atoms with E-state index in [1.54, 1.807) is 11.8 Å². The molecule has 0 N–H and O–H groups in total. The third-order valence-electron chi connectivity index (χ3n) is 3.88. The molecule has 154 valence electrons. The largest absolute Gasteiger partial charge is 0.545 e. The van der Waals surface area contributed by atoms with Crippen molar-refractivity contribution in [3.05, 3.63) is 60.7 Å². The second kappa shape index (κ2) is 10.7. The molecule has 0 bridgehead atoms. The fourth-order valence-corrected chi connectivity index (χ4v) is 3.89. The Labute approximate surface area is 183 Å². The number of fused-ring (bicyclic) bond motifs is 2. The topological polar surface area (TPSA) is 86.7 Å². The first kappa shape index (κ1) is 15.1. The predicted octanol–water partition coefficient (Wildman–Crippen LogP) is 1.53. The van der Waals surface area contributed by atoms with Gasteiger partial charge in [0.1, 0.15) is 0 Å². The molecule has 0 saturated carbocycles. The number of rotatable bonds is 6. The van der Waals surface area contributed by atoms with Crippen molar-refractivity contribution >= 4 is 35.1 Å². The molecule has 0 aliphatic carbocycles. The lowest BCUT2D eigenvalue weighted by Gasteiger charge is -2.35. The molecular formula is C22H24N2O4S-2. The maximum absolute atomic E-state index is 9.41. The lowest BCUT2D eigenvalue weighted by Crippen LogP contribution is -2.31. The Hall–Kier alpha value is -2.77. The van der Waals surface area contributed by atoms with Crippen molar-refractivity contribution in [3.8, 4) is 0 Å². The molecule has 0 amide bonds. The van der Waals surface area contributed by atoms with E-state index >= 15 is 0 Å². The van der Waals surface area contributed by atoms with Gasteiger partial charge in [-0.15, -0.1) is 0 Å². The van der Waals surface area contributed by atoms with Gasteiger partial charge < -0.3 is 29.6 Å². The predicted molar refractivity (Wildman–Crippen MR) is 111 cm³/mol. The maximum atomic E-state index is 9.41. The molecule has 1 aliphatic heterocycles. The molecule has 0 radical (unpaired) electrons. The van der Waals surface area contributed by atoms with Crippen LogP contribution >= 0.6 is 11.8 Å². The number of carbonyl (C=O) groups is 2. The summed E-state index contributed by atoms with van der Waals surface area (Å²) in [5.74, 6) is -3.27. The molecule has 7 heteroatoms. The van der Waals surface area contributed by atoms with Gasteiger partial charge in [0, 0.05) is 31.1 Å². The Morgan fingerprint density at radius 3 is 1.97 bits per heavy atom. The summed E-state index contributed by atoms with van der Waals surface area (Å²) in [4.78, 5) is 23.9. The monoisotopic (exact) mass is 418 g/mol. The molecule has 0 aromatic heterocycles. The average Bonchev–Trinajstić information content (AvgIpc) is 2.75. The molecule has 2 aromatic carbocycles. The van der Waals surface area contributed by atoms with Gasteiger partial charge in [-0.2, -0.15) is 0 Å². The summed E-state index contributed by atoms with van der Waals surface area (Å²) in [6, 6.07) is 16.1. The number of carboxylic acid groups (broad SMARTS) is 2. The van der Waals surface area contributed by atoms with Crippen LogP contribution in [-0.2, 0) is 9.59 Å². The maximum Gasteiger partial charge on any atom is 0.0643 e. The van der Waals surface area contributed by atoms with Crippen LogP contribution in [0.1, 0.15) is 15.1 Å². The van der Waals surface area contributed by atoms with Gasteiger partial charge in [-0.05, 0) is 56.3 Å². The standard InChI is InChI=1S/C18H22N2S.C4H4O4/c1-14(12-19(2)3)13-20-15-8-4-6-10-17(15)21-18-11-7-5-9-16(18)20;5-3(6)1-2-4(7)8/h4-11,14H,12-13H2,1-3H3;1-2H,(H,5,6)(H,7,8)/p-2/b;2-1-/i2D3,3D3;. The van der Waals surface area contributed by atoms with Crippen molar-refractivity contribution in [2.75, 3.05) is 31.9 Å². The van der Waals surface area contributed by atoms with Crippen LogP contribution in [0.3, 0.4) is 0 Å². The van der Waals surface area contributed by atoms with Crippen molar-refractivity contribution in [1.29, 1.82) is 0 Å². The van der Waals surface area contributed by atoms with Crippen LogP contribution in [0.2, 0.25) is 0 Å². The Morgan fingerprint density at radius 2 is 1.52 bits per heavy atom. The summed E-state index contributed by atoms with van der Waals surface area (Å²) in [5, 5.41) is 18.8. The fraction of sp³-hybridized carbons (Fsp3) is 0.273. The highest BCUT2D eigenvalue weighted by atomic mass is 32.2. The highest BCUT2D eigenvalue weighted by Gasteiger charge is 2.24. The molecule has 3 rings (SSSR count). The van der Waals surface area contributed by atoms with Crippen LogP contribution in [0, 0.1) is 5.92 Å². The summed E-state index contributed by atoms with van der Waals surface area (Å²) < 4.78 is 45.4. The molecule has 2 aromatic rings. The van der Waals surface area contributed by atoms with Crippen molar-refractivity contribution in [3.63, 3.8) is 0 Å². The SMILES string of the molecule is O=C([O-])/C=C\C(=O)[O-].[2H]C([2H])([2H])N(CC(C)CN1c2ccccc2Sc2ccccc21)C([2H])([2H])[2H]. The van der Waals surface area contributed by atoms with Gasteiger partial charge in [0.05, 0.1) is 23.3 Å². The number of nitrogens with zero attached hydrogens (tertiary/aromatic N) is 2. The zero-order valence-corrected chi connectivity index (χ0v) is 16.5. The van der Waals surface area contributed by atoms with Crippen molar-refractivity contribution in [2.45, 2.75) is 16.7 Å². The molecular weight excluding hydrogens is 388 g/mol. The normalized spacial score (nSPS) is 17.2. The summed E-state index contributed by atoms with van der Waals surface area (Å²) >= 11 is 1.70. The number of anilines is 2. The van der Waals surface area contributed by atoms with E-state index in [2.05, 4.69) is 17.0 Å². The minimum absolute atomic E-state index is 0.0407. The van der Waals surface area contributed by atoms with Gasteiger partial charge in [-0.3, -0.25) is 0 Å². The minimum Gasteiger partial charge on any atom is -0.545 e. The summed E-state index contributed by atoms with van der Waals surface area (Å²) in [6.45, 7) is -2.95. The third kappa shape index (κ3) is 6.96. The highest BCUT2D eigenvalue weighted by molar-refractivity contribution is 7.99. The Kier molecular flexibility index (Phi) is 5.57. The van der Waals surface area contributed by atoms with Crippen LogP contribution in [0.15, 0.2) is 70.5 Å². The van der Waals surface area contributed by atoms with Gasteiger partial charge in [0.15, 0.2) is 0 Å². The third-order valence-corrected chi connectivity index (χ3v) is 5.01. The molecule has 0 saturated heterocycles. The summed E-state index contributed by atoms with van der Waals surface area (Å²) in [6.07, 6.45) is 0.769. The molecule has 0 fully saturated rings. The van der Waals surface area contributed by atoms with Gasteiger partial charge >= 0.3 is 0 Å². The summed E-state index contributed by atoms with van der Waals surface area (Å²) in [5.41, 5.74) is 2.12. The fourth-order valence-electron chi connectivity index (χ4n) is 2.80. The van der Waals surface area contributed by atoms with E-state index in [0.29, 0.717) is 23.6 Å². The minimum atomic E-state index is -2.66. The number of benzene rings is 2. The van der Waals surface area contributed by atoms with Gasteiger partial charge in [0.2, 0.25) is 0 Å². The zero-order valence-electron chi connectivity index (χ0n) is 21.7. The van der Waals surface area contributed by atoms with Gasteiger partial charge in [-0.1, -0.05) is 43.0 Å². The van der Waals surface area contributed by atoms with Crippen LogP contribution < -0.4 is 15.1 Å². The van der Waals surface area contributed by atoms with Crippen molar-refractivity contribution < 1.29 is 28.0 Å². The van der Waals surface area contributed by atoms with E-state index in [4.69, 9.17) is 8.22 Å². The van der Waals surface area contributed by atoms with Crippen molar-refractivity contribution in [2.24, 2.45) is 5.92 Å². The van der Waals surface area contributed by atoms with Crippen LogP contribution in [0.25, 0.3) is 0 Å². The molecule has 1 atom stereocenters. The van der Waals surface area contributed by atoms with Crippen LogP contribution in [0.4, 0.5) is 11.4 Å². The number of aliphatic carboxylic acids is 2. The zero-order chi connectivity index (χ0) is 26.4. The lowest BCUT2D eigenvalue weighted by molar-refractivity contribution is -0.301. The lowest BCUT2D eigenvalue weighted by atomic mass is 10.1. The Morgan fingerprint density at radius 1 is 1.03 bits per heavy atom. The molecule has 1 aliphatic rings. The number of hydrogen-bond acceptors (Lipinski definition) is 7. The van der Waals surface area contributed by atoms with Crippen LogP contribution in [0.5, 0.6) is 0 Å². The van der Waals surface area contributed by atoms with Gasteiger partial charge in [0.25, 0.3) is 0 Å². The number of hydrogen-bond donors (Lipinski definition) is 0. The second-order valence-electron chi connectivity index (χ2n) is 6.34. The highest BCUT2D eigenvalue weighted by Crippen LogP contribution is 2.47. The first-order valence-corrected chi connectivity index (χ1v) is 9.53. The van der Waals surface area contributed by atoms with Crippen molar-refractivity contribution in [1.82, 2.24) is 4.90 Å².